The number of hydrogen-bond acceptors (Lipinski definition) is 2. The topological polar surface area (TPSA) is 43.3 Å². The summed E-state index contributed by atoms with van der Waals surface area (Å²) in [7, 11) is 0. The van der Waals surface area contributed by atoms with Gasteiger partial charge in [0.15, 0.2) is 0 Å². The molecule has 3 nitrogen and oxygen atoms in total. The number of hydrogen-bond donors (Lipinski definition) is 1. The second-order valence-electron chi connectivity index (χ2n) is 5.45. The van der Waals surface area contributed by atoms with Crippen LogP contribution in [-0.4, -0.2) is 9.38 Å². The van der Waals surface area contributed by atoms with Crippen molar-refractivity contribution < 1.29 is 0 Å². The molecule has 0 spiro atoms. The van der Waals surface area contributed by atoms with Crippen LogP contribution < -0.4 is 5.73 Å². The van der Waals surface area contributed by atoms with Crippen LogP contribution in [0.4, 0.5) is 0 Å². The smallest absolute Gasteiger partial charge is 0.113 e. The highest BCUT2D eigenvalue weighted by atomic mass is 15.0. The van der Waals surface area contributed by atoms with Crippen molar-refractivity contribution in [1.82, 2.24) is 9.38 Å². The molecule has 2 rings (SSSR count). The molecule has 0 radical (unpaired) electrons. The van der Waals surface area contributed by atoms with Crippen LogP contribution in [0.15, 0.2) is 24.5 Å². The van der Waals surface area contributed by atoms with Gasteiger partial charge in [-0.25, -0.2) is 4.98 Å². The van der Waals surface area contributed by atoms with Gasteiger partial charge < -0.3 is 10.1 Å². The summed E-state index contributed by atoms with van der Waals surface area (Å²) in [6.07, 6.45) is 4.97. The van der Waals surface area contributed by atoms with E-state index in [4.69, 9.17) is 5.73 Å². The Bertz CT molecular complexity index is 491. The quantitative estimate of drug-likeness (QED) is 0.839. The molecule has 0 unspecified atom stereocenters. The van der Waals surface area contributed by atoms with E-state index in [2.05, 4.69) is 48.5 Å². The molecule has 0 aromatic carbocycles. The molecule has 0 bridgehead atoms. The molecule has 16 heavy (non-hydrogen) atoms. The molecule has 2 aromatic rings. The molecular weight excluding hydrogens is 198 g/mol. The van der Waals surface area contributed by atoms with Crippen molar-refractivity contribution in [3.05, 3.63) is 35.9 Å². The van der Waals surface area contributed by atoms with Crippen molar-refractivity contribution in [2.24, 2.45) is 11.1 Å². The lowest BCUT2D eigenvalue weighted by Crippen LogP contribution is -2.12. The SMILES string of the molecule is CC(C)(C)Cc1ncc2ccc(CN)cn12. The van der Waals surface area contributed by atoms with E-state index in [1.54, 1.807) is 0 Å². The summed E-state index contributed by atoms with van der Waals surface area (Å²) >= 11 is 0. The van der Waals surface area contributed by atoms with Gasteiger partial charge in [-0.15, -0.1) is 0 Å². The minimum absolute atomic E-state index is 0.250. The monoisotopic (exact) mass is 217 g/mol. The van der Waals surface area contributed by atoms with Gasteiger partial charge in [0.25, 0.3) is 0 Å². The molecule has 0 atom stereocenters. The molecule has 0 amide bonds. The standard InChI is InChI=1S/C13H19N3/c1-13(2,3)6-12-15-8-11-5-4-10(7-14)9-16(11)12/h4-5,8-9H,6-7,14H2,1-3H3. The summed E-state index contributed by atoms with van der Waals surface area (Å²) in [6.45, 7) is 7.24. The molecule has 0 saturated carbocycles. The first-order valence-corrected chi connectivity index (χ1v) is 5.64. The Balaban J connectivity index is 2.46. The van der Waals surface area contributed by atoms with Crippen molar-refractivity contribution in [3.63, 3.8) is 0 Å². The highest BCUT2D eigenvalue weighted by molar-refractivity contribution is 5.47. The minimum Gasteiger partial charge on any atom is -0.326 e. The predicted octanol–water partition coefficient (Wildman–Crippen LogP) is 2.38. The number of rotatable bonds is 2. The van der Waals surface area contributed by atoms with Crippen molar-refractivity contribution in [3.8, 4) is 0 Å². The van der Waals surface area contributed by atoms with Crippen LogP contribution in [0.2, 0.25) is 0 Å². The lowest BCUT2D eigenvalue weighted by Gasteiger charge is -2.17. The van der Waals surface area contributed by atoms with Crippen molar-refractivity contribution in [2.45, 2.75) is 33.7 Å². The third-order valence-corrected chi connectivity index (χ3v) is 2.59. The van der Waals surface area contributed by atoms with E-state index in [1.165, 1.54) is 0 Å². The Labute approximate surface area is 96.3 Å². The highest BCUT2D eigenvalue weighted by Crippen LogP contribution is 2.20. The second-order valence-corrected chi connectivity index (χ2v) is 5.45. The Morgan fingerprint density at radius 1 is 1.31 bits per heavy atom. The minimum atomic E-state index is 0.250. The maximum atomic E-state index is 5.65. The lowest BCUT2D eigenvalue weighted by molar-refractivity contribution is 0.400. The second kappa shape index (κ2) is 3.91. The molecule has 0 aliphatic carbocycles. The van der Waals surface area contributed by atoms with Gasteiger partial charge in [-0.3, -0.25) is 0 Å². The molecule has 0 fully saturated rings. The fraction of sp³-hybridized carbons (Fsp3) is 0.462. The summed E-state index contributed by atoms with van der Waals surface area (Å²) in [4.78, 5) is 4.48. The predicted molar refractivity (Wildman–Crippen MR) is 66.2 cm³/mol. The maximum Gasteiger partial charge on any atom is 0.113 e. The summed E-state index contributed by atoms with van der Waals surface area (Å²) in [6, 6.07) is 4.12. The van der Waals surface area contributed by atoms with Gasteiger partial charge >= 0.3 is 0 Å². The summed E-state index contributed by atoms with van der Waals surface area (Å²) < 4.78 is 2.15. The number of nitrogens with two attached hydrogens (primary N) is 1. The zero-order chi connectivity index (χ0) is 11.8. The van der Waals surface area contributed by atoms with Crippen molar-refractivity contribution in [2.75, 3.05) is 0 Å². The Morgan fingerprint density at radius 3 is 2.69 bits per heavy atom. The molecule has 3 heteroatoms. The van der Waals surface area contributed by atoms with Crippen LogP contribution >= 0.6 is 0 Å². The van der Waals surface area contributed by atoms with Gasteiger partial charge in [0.1, 0.15) is 5.82 Å². The average Bonchev–Trinajstić information content (AvgIpc) is 2.58. The van der Waals surface area contributed by atoms with Gasteiger partial charge in [-0.05, 0) is 17.0 Å². The van der Waals surface area contributed by atoms with Crippen molar-refractivity contribution >= 4 is 5.52 Å². The fourth-order valence-corrected chi connectivity index (χ4v) is 1.81. The third kappa shape index (κ3) is 2.25. The van der Waals surface area contributed by atoms with Gasteiger partial charge in [0.2, 0.25) is 0 Å². The first kappa shape index (κ1) is 11.1. The lowest BCUT2D eigenvalue weighted by atomic mass is 9.92. The molecule has 2 aromatic heterocycles. The van der Waals surface area contributed by atoms with Gasteiger partial charge in [0.05, 0.1) is 11.7 Å². The van der Waals surface area contributed by atoms with E-state index in [9.17, 15) is 0 Å². The number of nitrogens with zero attached hydrogens (tertiary/aromatic N) is 2. The molecular formula is C13H19N3. The molecule has 0 saturated heterocycles. The van der Waals surface area contributed by atoms with Gasteiger partial charge in [-0.1, -0.05) is 26.8 Å². The van der Waals surface area contributed by atoms with Crippen LogP contribution in [0, 0.1) is 5.41 Å². The Kier molecular flexibility index (Phi) is 2.72. The van der Waals surface area contributed by atoms with Crippen LogP contribution in [0.3, 0.4) is 0 Å². The van der Waals surface area contributed by atoms with Crippen LogP contribution in [0.25, 0.3) is 5.52 Å². The fourth-order valence-electron chi connectivity index (χ4n) is 1.81. The van der Waals surface area contributed by atoms with E-state index >= 15 is 0 Å². The first-order valence-electron chi connectivity index (χ1n) is 5.64. The molecule has 0 aliphatic rings. The van der Waals surface area contributed by atoms with Crippen LogP contribution in [0.5, 0.6) is 0 Å². The maximum absolute atomic E-state index is 5.65. The van der Waals surface area contributed by atoms with E-state index < -0.39 is 0 Å². The normalized spacial score (nSPS) is 12.2. The van der Waals surface area contributed by atoms with Gasteiger partial charge in [0, 0.05) is 19.2 Å². The molecule has 2 N–H and O–H groups in total. The van der Waals surface area contributed by atoms with E-state index in [0.717, 1.165) is 23.3 Å². The third-order valence-electron chi connectivity index (χ3n) is 2.59. The average molecular weight is 217 g/mol. The number of pyridine rings is 1. The Morgan fingerprint density at radius 2 is 2.06 bits per heavy atom. The van der Waals surface area contributed by atoms with E-state index in [1.807, 2.05) is 6.20 Å². The number of aromatic nitrogens is 2. The van der Waals surface area contributed by atoms with Crippen molar-refractivity contribution in [1.29, 1.82) is 0 Å². The largest absolute Gasteiger partial charge is 0.326 e. The summed E-state index contributed by atoms with van der Waals surface area (Å²) in [5.41, 5.74) is 8.18. The summed E-state index contributed by atoms with van der Waals surface area (Å²) in [5.74, 6) is 1.11. The van der Waals surface area contributed by atoms with E-state index in [0.29, 0.717) is 6.54 Å². The summed E-state index contributed by atoms with van der Waals surface area (Å²) in [5, 5.41) is 0. The first-order chi connectivity index (χ1) is 7.49. The zero-order valence-electron chi connectivity index (χ0n) is 10.2. The molecule has 2 heterocycles. The van der Waals surface area contributed by atoms with Gasteiger partial charge in [-0.2, -0.15) is 0 Å². The molecule has 0 aliphatic heterocycles. The zero-order valence-corrected chi connectivity index (χ0v) is 10.2. The van der Waals surface area contributed by atoms with Crippen LogP contribution in [-0.2, 0) is 13.0 Å². The van der Waals surface area contributed by atoms with Crippen LogP contribution in [0.1, 0.15) is 32.2 Å². The van der Waals surface area contributed by atoms with E-state index in [-0.39, 0.29) is 5.41 Å². The number of imidazole rings is 1. The molecule has 86 valence electrons. The number of fused-ring (bicyclic) bond motifs is 1. The highest BCUT2D eigenvalue weighted by Gasteiger charge is 2.15. The Hall–Kier alpha value is -1.35.